The van der Waals surface area contributed by atoms with E-state index in [-0.39, 0.29) is 11.9 Å². The van der Waals surface area contributed by atoms with Crippen molar-refractivity contribution in [3.63, 3.8) is 0 Å². The summed E-state index contributed by atoms with van der Waals surface area (Å²) < 4.78 is 0. The van der Waals surface area contributed by atoms with Crippen LogP contribution in [0.25, 0.3) is 0 Å². The van der Waals surface area contributed by atoms with Crippen molar-refractivity contribution in [3.8, 4) is 0 Å². The van der Waals surface area contributed by atoms with Crippen LogP contribution in [-0.2, 0) is 4.79 Å². The van der Waals surface area contributed by atoms with Crippen molar-refractivity contribution in [2.75, 3.05) is 13.1 Å². The fourth-order valence-corrected chi connectivity index (χ4v) is 1.69. The van der Waals surface area contributed by atoms with Crippen molar-refractivity contribution in [1.82, 2.24) is 4.90 Å². The number of amides is 1. The highest BCUT2D eigenvalue weighted by Crippen LogP contribution is 2.15. The lowest BCUT2D eigenvalue weighted by atomic mass is 10.0. The summed E-state index contributed by atoms with van der Waals surface area (Å²) in [6.07, 6.45) is 3.30. The zero-order chi connectivity index (χ0) is 8.27. The third-order valence-electron chi connectivity index (χ3n) is 2.35. The number of likely N-dealkylation sites (N-methyl/N-ethyl adjacent to an activating group) is 1. The van der Waals surface area contributed by atoms with Crippen molar-refractivity contribution < 1.29 is 4.79 Å². The Kier molecular flexibility index (Phi) is 2.88. The predicted octanol–water partition coefficient (Wildman–Crippen LogP) is 0.346. The van der Waals surface area contributed by atoms with Gasteiger partial charge in [0, 0.05) is 0 Å². The lowest BCUT2D eigenvalue weighted by Gasteiger charge is -2.32. The van der Waals surface area contributed by atoms with Crippen LogP contribution in [0.5, 0.6) is 0 Å². The summed E-state index contributed by atoms with van der Waals surface area (Å²) in [5, 5.41) is 0. The van der Waals surface area contributed by atoms with Crippen LogP contribution in [0.1, 0.15) is 26.2 Å². The van der Waals surface area contributed by atoms with Gasteiger partial charge in [-0.1, -0.05) is 13.3 Å². The second kappa shape index (κ2) is 3.72. The second-order valence-electron chi connectivity index (χ2n) is 3.04. The molecule has 1 amide bonds. The maximum atomic E-state index is 10.9. The maximum Gasteiger partial charge on any atom is 0.234 e. The molecule has 0 saturated carbocycles. The molecule has 0 aromatic carbocycles. The Labute approximate surface area is 67.5 Å². The molecule has 0 aromatic rings. The quantitative estimate of drug-likeness (QED) is 0.627. The monoisotopic (exact) mass is 156 g/mol. The number of nitrogens with two attached hydrogens (primary N) is 1. The Morgan fingerprint density at radius 3 is 2.82 bits per heavy atom. The summed E-state index contributed by atoms with van der Waals surface area (Å²) >= 11 is 0. The van der Waals surface area contributed by atoms with E-state index < -0.39 is 0 Å². The molecule has 11 heavy (non-hydrogen) atoms. The van der Waals surface area contributed by atoms with Gasteiger partial charge in [0.1, 0.15) is 0 Å². The summed E-state index contributed by atoms with van der Waals surface area (Å²) in [5.41, 5.74) is 5.25. The number of nitrogens with zero attached hydrogens (tertiary/aromatic N) is 1. The molecule has 0 bridgehead atoms. The molecule has 3 heteroatoms. The van der Waals surface area contributed by atoms with E-state index in [4.69, 9.17) is 5.73 Å². The molecule has 1 atom stereocenters. The highest BCUT2D eigenvalue weighted by molar-refractivity contribution is 5.79. The van der Waals surface area contributed by atoms with Crippen molar-refractivity contribution in [2.45, 2.75) is 32.2 Å². The van der Waals surface area contributed by atoms with Gasteiger partial charge in [-0.3, -0.25) is 9.69 Å². The van der Waals surface area contributed by atoms with E-state index in [1.807, 2.05) is 0 Å². The Hall–Kier alpha value is -0.570. The molecular formula is C8H16N2O. The van der Waals surface area contributed by atoms with Crippen LogP contribution in [0.15, 0.2) is 0 Å². The van der Waals surface area contributed by atoms with E-state index in [1.165, 1.54) is 6.42 Å². The number of hydrogen-bond acceptors (Lipinski definition) is 2. The summed E-state index contributed by atoms with van der Waals surface area (Å²) in [4.78, 5) is 13.1. The summed E-state index contributed by atoms with van der Waals surface area (Å²) in [5.74, 6) is -0.161. The van der Waals surface area contributed by atoms with Gasteiger partial charge in [0.25, 0.3) is 0 Å². The highest BCUT2D eigenvalue weighted by Gasteiger charge is 2.24. The largest absolute Gasteiger partial charge is 0.368 e. The number of likely N-dealkylation sites (tertiary alicyclic amines) is 1. The smallest absolute Gasteiger partial charge is 0.234 e. The molecule has 1 aliphatic rings. The van der Waals surface area contributed by atoms with Crippen LogP contribution < -0.4 is 5.73 Å². The molecule has 64 valence electrons. The van der Waals surface area contributed by atoms with E-state index in [1.54, 1.807) is 0 Å². The molecule has 1 aliphatic heterocycles. The third-order valence-corrected chi connectivity index (χ3v) is 2.35. The van der Waals surface area contributed by atoms with Crippen molar-refractivity contribution in [2.24, 2.45) is 5.73 Å². The van der Waals surface area contributed by atoms with E-state index in [0.717, 1.165) is 25.9 Å². The van der Waals surface area contributed by atoms with Gasteiger partial charge < -0.3 is 5.73 Å². The minimum atomic E-state index is -0.161. The molecule has 1 heterocycles. The molecule has 1 fully saturated rings. The number of hydrogen-bond donors (Lipinski definition) is 1. The van der Waals surface area contributed by atoms with Crippen LogP contribution in [-0.4, -0.2) is 29.9 Å². The number of primary amides is 1. The van der Waals surface area contributed by atoms with Gasteiger partial charge in [-0.25, -0.2) is 0 Å². The Morgan fingerprint density at radius 1 is 1.64 bits per heavy atom. The van der Waals surface area contributed by atoms with Gasteiger partial charge in [0.05, 0.1) is 6.04 Å². The van der Waals surface area contributed by atoms with Crippen LogP contribution in [0, 0.1) is 0 Å². The van der Waals surface area contributed by atoms with Gasteiger partial charge in [0.15, 0.2) is 0 Å². The first-order chi connectivity index (χ1) is 5.25. The molecule has 0 radical (unpaired) electrons. The summed E-state index contributed by atoms with van der Waals surface area (Å²) in [6.45, 7) is 4.04. The molecule has 3 nitrogen and oxygen atoms in total. The second-order valence-corrected chi connectivity index (χ2v) is 3.04. The van der Waals surface area contributed by atoms with Gasteiger partial charge >= 0.3 is 0 Å². The molecule has 1 saturated heterocycles. The summed E-state index contributed by atoms with van der Waals surface area (Å²) in [6, 6.07) is 0.00810. The lowest BCUT2D eigenvalue weighted by molar-refractivity contribution is -0.124. The van der Waals surface area contributed by atoms with Gasteiger partial charge in [-0.15, -0.1) is 0 Å². The topological polar surface area (TPSA) is 46.3 Å². The molecule has 0 unspecified atom stereocenters. The van der Waals surface area contributed by atoms with E-state index >= 15 is 0 Å². The number of piperidine rings is 1. The van der Waals surface area contributed by atoms with Crippen molar-refractivity contribution >= 4 is 5.91 Å². The zero-order valence-electron chi connectivity index (χ0n) is 7.05. The molecule has 1 rings (SSSR count). The summed E-state index contributed by atoms with van der Waals surface area (Å²) in [7, 11) is 0. The normalized spacial score (nSPS) is 26.8. The fourth-order valence-electron chi connectivity index (χ4n) is 1.69. The maximum absolute atomic E-state index is 10.9. The van der Waals surface area contributed by atoms with E-state index in [9.17, 15) is 4.79 Å². The fraction of sp³-hybridized carbons (Fsp3) is 0.875. The average molecular weight is 156 g/mol. The number of rotatable bonds is 2. The van der Waals surface area contributed by atoms with Crippen LogP contribution >= 0.6 is 0 Å². The molecular weight excluding hydrogens is 140 g/mol. The van der Waals surface area contributed by atoms with Gasteiger partial charge in [-0.2, -0.15) is 0 Å². The van der Waals surface area contributed by atoms with Crippen LogP contribution in [0.2, 0.25) is 0 Å². The Morgan fingerprint density at radius 2 is 2.36 bits per heavy atom. The van der Waals surface area contributed by atoms with Crippen molar-refractivity contribution in [1.29, 1.82) is 0 Å². The molecule has 0 spiro atoms. The first kappa shape index (κ1) is 8.53. The minimum Gasteiger partial charge on any atom is -0.368 e. The SMILES string of the molecule is CCN1CCCC[C@H]1C(N)=O. The third kappa shape index (κ3) is 1.93. The molecule has 0 aliphatic carbocycles. The van der Waals surface area contributed by atoms with Gasteiger partial charge in [-0.05, 0) is 25.9 Å². The highest BCUT2D eigenvalue weighted by atomic mass is 16.1. The predicted molar refractivity (Wildman–Crippen MR) is 44.1 cm³/mol. The average Bonchev–Trinajstić information content (AvgIpc) is 2.04. The first-order valence-corrected chi connectivity index (χ1v) is 4.29. The van der Waals surface area contributed by atoms with Crippen LogP contribution in [0.3, 0.4) is 0 Å². The molecule has 2 N–H and O–H groups in total. The van der Waals surface area contributed by atoms with Crippen molar-refractivity contribution in [3.05, 3.63) is 0 Å². The lowest BCUT2D eigenvalue weighted by Crippen LogP contribution is -2.47. The van der Waals surface area contributed by atoms with Crippen LogP contribution in [0.4, 0.5) is 0 Å². The van der Waals surface area contributed by atoms with Gasteiger partial charge in [0.2, 0.25) is 5.91 Å². The zero-order valence-corrected chi connectivity index (χ0v) is 7.05. The van der Waals surface area contributed by atoms with E-state index in [2.05, 4.69) is 11.8 Å². The Balaban J connectivity index is 2.51. The minimum absolute atomic E-state index is 0.00810. The number of carbonyl (C=O) groups is 1. The Bertz CT molecular complexity index is 147. The molecule has 0 aromatic heterocycles. The van der Waals surface area contributed by atoms with E-state index in [0.29, 0.717) is 0 Å². The standard InChI is InChI=1S/C8H16N2O/c1-2-10-6-4-3-5-7(10)8(9)11/h7H,2-6H2,1H3,(H2,9,11)/t7-/m0/s1. The first-order valence-electron chi connectivity index (χ1n) is 4.29. The number of carbonyl (C=O) groups excluding carboxylic acids is 1.